The lowest BCUT2D eigenvalue weighted by molar-refractivity contribution is 0.963. The van der Waals surface area contributed by atoms with E-state index in [1.165, 1.54) is 12.8 Å². The molecule has 0 spiro atoms. The highest BCUT2D eigenvalue weighted by molar-refractivity contribution is 5.70. The van der Waals surface area contributed by atoms with Crippen molar-refractivity contribution in [1.82, 2.24) is 20.2 Å². The minimum Gasteiger partial charge on any atom is -0.382 e. The quantitative estimate of drug-likeness (QED) is 0.687. The van der Waals surface area contributed by atoms with Gasteiger partial charge in [-0.1, -0.05) is 18.2 Å². The van der Waals surface area contributed by atoms with Crippen molar-refractivity contribution in [3.05, 3.63) is 48.3 Å². The first-order valence-corrected chi connectivity index (χ1v) is 7.30. The van der Waals surface area contributed by atoms with E-state index in [2.05, 4.69) is 25.5 Å². The molecule has 0 aliphatic heterocycles. The van der Waals surface area contributed by atoms with Crippen LogP contribution in [0.1, 0.15) is 24.5 Å². The summed E-state index contributed by atoms with van der Waals surface area (Å²) in [5.41, 5.74) is 9.56. The van der Waals surface area contributed by atoms with Crippen LogP contribution in [0.15, 0.2) is 42.6 Å². The standard InChI is InChI=1S/C16H16N6/c17-15-14(19-11-4-2-1-3-5-11)9-18-16(20-15)13-8-12(21-22-13)10-6-7-10/h1-5,8-10,19H,6-7H2,(H,21,22)(H2,17,18,20). The van der Waals surface area contributed by atoms with Crippen LogP contribution in [0.5, 0.6) is 0 Å². The number of H-pyrrole nitrogens is 1. The third-order valence-electron chi connectivity index (χ3n) is 3.71. The van der Waals surface area contributed by atoms with Crippen molar-refractivity contribution in [2.45, 2.75) is 18.8 Å². The number of benzene rings is 1. The average Bonchev–Trinajstić information content (AvgIpc) is 3.28. The number of nitrogens with zero attached hydrogens (tertiary/aromatic N) is 3. The van der Waals surface area contributed by atoms with Gasteiger partial charge in [0.15, 0.2) is 11.6 Å². The van der Waals surface area contributed by atoms with Gasteiger partial charge in [-0.15, -0.1) is 0 Å². The van der Waals surface area contributed by atoms with Gasteiger partial charge in [-0.25, -0.2) is 9.97 Å². The van der Waals surface area contributed by atoms with Gasteiger partial charge in [0, 0.05) is 17.3 Å². The van der Waals surface area contributed by atoms with E-state index in [1.807, 2.05) is 36.4 Å². The normalized spacial score (nSPS) is 14.0. The zero-order valence-electron chi connectivity index (χ0n) is 12.0. The Morgan fingerprint density at radius 2 is 2.00 bits per heavy atom. The number of nitrogen functional groups attached to an aromatic ring is 1. The molecular weight excluding hydrogens is 276 g/mol. The topological polar surface area (TPSA) is 92.5 Å². The predicted molar refractivity (Wildman–Crippen MR) is 85.7 cm³/mol. The van der Waals surface area contributed by atoms with Crippen LogP contribution >= 0.6 is 0 Å². The van der Waals surface area contributed by atoms with Crippen molar-refractivity contribution >= 4 is 17.2 Å². The molecule has 0 saturated heterocycles. The summed E-state index contributed by atoms with van der Waals surface area (Å²) in [6, 6.07) is 11.8. The molecular formula is C16H16N6. The van der Waals surface area contributed by atoms with Crippen LogP contribution in [0, 0.1) is 0 Å². The number of para-hydroxylation sites is 1. The number of hydrogen-bond acceptors (Lipinski definition) is 5. The molecule has 0 atom stereocenters. The number of hydrogen-bond donors (Lipinski definition) is 3. The van der Waals surface area contributed by atoms with Crippen molar-refractivity contribution in [2.75, 3.05) is 11.1 Å². The molecule has 4 rings (SSSR count). The summed E-state index contributed by atoms with van der Waals surface area (Å²) < 4.78 is 0. The molecule has 2 aromatic heterocycles. The Bertz CT molecular complexity index is 791. The molecule has 22 heavy (non-hydrogen) atoms. The Morgan fingerprint density at radius 1 is 1.18 bits per heavy atom. The van der Waals surface area contributed by atoms with E-state index >= 15 is 0 Å². The maximum absolute atomic E-state index is 6.03. The first kappa shape index (κ1) is 12.8. The lowest BCUT2D eigenvalue weighted by Gasteiger charge is -2.08. The van der Waals surface area contributed by atoms with E-state index in [-0.39, 0.29) is 0 Å². The van der Waals surface area contributed by atoms with E-state index in [1.54, 1.807) is 6.20 Å². The van der Waals surface area contributed by atoms with Crippen molar-refractivity contribution < 1.29 is 0 Å². The second-order valence-electron chi connectivity index (χ2n) is 5.47. The van der Waals surface area contributed by atoms with Crippen LogP contribution in [0.4, 0.5) is 17.2 Å². The summed E-state index contributed by atoms with van der Waals surface area (Å²) in [4.78, 5) is 8.72. The molecule has 1 fully saturated rings. The van der Waals surface area contributed by atoms with Crippen molar-refractivity contribution in [2.24, 2.45) is 0 Å². The molecule has 1 aromatic carbocycles. The molecule has 6 nitrogen and oxygen atoms in total. The Morgan fingerprint density at radius 3 is 2.73 bits per heavy atom. The maximum Gasteiger partial charge on any atom is 0.182 e. The maximum atomic E-state index is 6.03. The van der Waals surface area contributed by atoms with Gasteiger partial charge >= 0.3 is 0 Å². The predicted octanol–water partition coefficient (Wildman–Crippen LogP) is 3.07. The molecule has 0 amide bonds. The van der Waals surface area contributed by atoms with Crippen molar-refractivity contribution in [3.63, 3.8) is 0 Å². The first-order valence-electron chi connectivity index (χ1n) is 7.30. The SMILES string of the molecule is Nc1nc(-c2cc(C3CC3)[nH]n2)ncc1Nc1ccccc1. The fourth-order valence-corrected chi connectivity index (χ4v) is 2.35. The number of rotatable bonds is 4. The third-order valence-corrected chi connectivity index (χ3v) is 3.71. The van der Waals surface area contributed by atoms with Gasteiger partial charge < -0.3 is 11.1 Å². The lowest BCUT2D eigenvalue weighted by Crippen LogP contribution is -2.02. The molecule has 3 aromatic rings. The summed E-state index contributed by atoms with van der Waals surface area (Å²) in [7, 11) is 0. The smallest absolute Gasteiger partial charge is 0.182 e. The number of anilines is 3. The van der Waals surface area contributed by atoms with E-state index in [0.717, 1.165) is 17.1 Å². The molecule has 0 bridgehead atoms. The van der Waals surface area contributed by atoms with Gasteiger partial charge in [0.2, 0.25) is 0 Å². The summed E-state index contributed by atoms with van der Waals surface area (Å²) in [5, 5.41) is 10.5. The Kier molecular flexibility index (Phi) is 3.00. The molecule has 110 valence electrons. The minimum absolute atomic E-state index is 0.407. The van der Waals surface area contributed by atoms with Gasteiger partial charge in [-0.3, -0.25) is 5.10 Å². The summed E-state index contributed by atoms with van der Waals surface area (Å²) >= 11 is 0. The van der Waals surface area contributed by atoms with Crippen molar-refractivity contribution in [3.8, 4) is 11.5 Å². The van der Waals surface area contributed by atoms with Crippen LogP contribution in [-0.4, -0.2) is 20.2 Å². The molecule has 4 N–H and O–H groups in total. The summed E-state index contributed by atoms with van der Waals surface area (Å²) in [6.45, 7) is 0. The van der Waals surface area contributed by atoms with E-state index in [9.17, 15) is 0 Å². The van der Waals surface area contributed by atoms with Gasteiger partial charge in [0.1, 0.15) is 5.69 Å². The van der Waals surface area contributed by atoms with Crippen molar-refractivity contribution in [1.29, 1.82) is 0 Å². The Hall–Kier alpha value is -2.89. The Labute approximate surface area is 127 Å². The highest BCUT2D eigenvalue weighted by Crippen LogP contribution is 2.39. The molecule has 1 aliphatic carbocycles. The van der Waals surface area contributed by atoms with E-state index in [0.29, 0.717) is 23.2 Å². The third kappa shape index (κ3) is 2.50. The van der Waals surface area contributed by atoms with E-state index < -0.39 is 0 Å². The first-order chi connectivity index (χ1) is 10.8. The zero-order chi connectivity index (χ0) is 14.9. The van der Waals surface area contributed by atoms with Gasteiger partial charge in [-0.2, -0.15) is 5.10 Å². The fourth-order valence-electron chi connectivity index (χ4n) is 2.35. The van der Waals surface area contributed by atoms with Crippen LogP contribution in [0.25, 0.3) is 11.5 Å². The molecule has 1 saturated carbocycles. The lowest BCUT2D eigenvalue weighted by atomic mass is 10.2. The van der Waals surface area contributed by atoms with Crippen LogP contribution in [0.2, 0.25) is 0 Å². The largest absolute Gasteiger partial charge is 0.382 e. The van der Waals surface area contributed by atoms with Crippen LogP contribution < -0.4 is 11.1 Å². The molecule has 2 heterocycles. The monoisotopic (exact) mass is 292 g/mol. The average molecular weight is 292 g/mol. The molecule has 1 aliphatic rings. The summed E-state index contributed by atoms with van der Waals surface area (Å²) in [5.74, 6) is 1.57. The number of aromatic nitrogens is 4. The van der Waals surface area contributed by atoms with E-state index in [4.69, 9.17) is 5.73 Å². The fraction of sp³-hybridized carbons (Fsp3) is 0.188. The van der Waals surface area contributed by atoms with Gasteiger partial charge in [0.25, 0.3) is 0 Å². The molecule has 0 unspecified atom stereocenters. The highest BCUT2D eigenvalue weighted by Gasteiger charge is 2.26. The van der Waals surface area contributed by atoms with Gasteiger partial charge in [-0.05, 0) is 31.0 Å². The second kappa shape index (κ2) is 5.14. The summed E-state index contributed by atoms with van der Waals surface area (Å²) in [6.07, 6.45) is 4.14. The minimum atomic E-state index is 0.407. The number of aromatic amines is 1. The zero-order valence-corrected chi connectivity index (χ0v) is 12.0. The number of nitrogens with one attached hydrogen (secondary N) is 2. The molecule has 6 heteroatoms. The van der Waals surface area contributed by atoms with Crippen LogP contribution in [-0.2, 0) is 0 Å². The van der Waals surface area contributed by atoms with Crippen LogP contribution in [0.3, 0.4) is 0 Å². The second-order valence-corrected chi connectivity index (χ2v) is 5.47. The Balaban J connectivity index is 1.58. The van der Waals surface area contributed by atoms with Gasteiger partial charge in [0.05, 0.1) is 11.9 Å². The highest BCUT2D eigenvalue weighted by atomic mass is 15.1. The number of nitrogens with two attached hydrogens (primary N) is 1. The molecule has 0 radical (unpaired) electrons.